The number of hydrogen-bond acceptors (Lipinski definition) is 6. The van der Waals surface area contributed by atoms with Gasteiger partial charge in [-0.15, -0.1) is 0 Å². The highest BCUT2D eigenvalue weighted by Gasteiger charge is 2.35. The lowest BCUT2D eigenvalue weighted by Crippen LogP contribution is -2.42. The van der Waals surface area contributed by atoms with Gasteiger partial charge in [0.2, 0.25) is 5.91 Å². The van der Waals surface area contributed by atoms with Crippen molar-refractivity contribution in [3.8, 4) is 0 Å². The molecule has 0 unspecified atom stereocenters. The molecule has 1 aromatic rings. The Morgan fingerprint density at radius 2 is 2.07 bits per heavy atom. The van der Waals surface area contributed by atoms with E-state index in [2.05, 4.69) is 0 Å². The Labute approximate surface area is 185 Å². The van der Waals surface area contributed by atoms with E-state index < -0.39 is 9.84 Å². The fourth-order valence-corrected chi connectivity index (χ4v) is 6.58. The molecule has 156 valence electrons. The zero-order valence-electron chi connectivity index (χ0n) is 15.8. The second-order valence-electron chi connectivity index (χ2n) is 6.87. The van der Waals surface area contributed by atoms with Crippen LogP contribution in [0, 0.1) is 0 Å². The summed E-state index contributed by atoms with van der Waals surface area (Å²) in [5.41, 5.74) is 0.838. The first-order valence-corrected chi connectivity index (χ1v) is 12.6. The Hall–Kier alpha value is -1.42. The van der Waals surface area contributed by atoms with E-state index >= 15 is 0 Å². The minimum Gasteiger partial charge on any atom is -0.339 e. The van der Waals surface area contributed by atoms with Gasteiger partial charge in [-0.1, -0.05) is 47.7 Å². The molecule has 6 nitrogen and oxygen atoms in total. The van der Waals surface area contributed by atoms with E-state index in [1.165, 1.54) is 16.7 Å². The topological polar surface area (TPSA) is 74.8 Å². The molecule has 0 N–H and O–H groups in total. The molecule has 2 amide bonds. The number of sulfone groups is 1. The third-order valence-electron chi connectivity index (χ3n) is 4.90. The summed E-state index contributed by atoms with van der Waals surface area (Å²) in [5.74, 6) is -0.261. The van der Waals surface area contributed by atoms with Crippen molar-refractivity contribution in [3.05, 3.63) is 39.8 Å². The van der Waals surface area contributed by atoms with Gasteiger partial charge in [0.1, 0.15) is 4.32 Å². The van der Waals surface area contributed by atoms with Gasteiger partial charge in [0.15, 0.2) is 9.84 Å². The summed E-state index contributed by atoms with van der Waals surface area (Å²) in [6, 6.07) is 6.83. The maximum atomic E-state index is 12.7. The molecule has 0 aliphatic carbocycles. The van der Waals surface area contributed by atoms with Crippen LogP contribution in [-0.2, 0) is 19.4 Å². The molecular formula is C19H21ClN2O4S3. The number of halogens is 1. The van der Waals surface area contributed by atoms with E-state index in [9.17, 15) is 18.0 Å². The maximum Gasteiger partial charge on any atom is 0.266 e. The van der Waals surface area contributed by atoms with E-state index in [0.717, 1.165) is 5.56 Å². The van der Waals surface area contributed by atoms with Gasteiger partial charge in [0.05, 0.1) is 16.4 Å². The second-order valence-corrected chi connectivity index (χ2v) is 11.2. The molecule has 2 saturated heterocycles. The summed E-state index contributed by atoms with van der Waals surface area (Å²) < 4.78 is 23.8. The molecule has 0 spiro atoms. The largest absolute Gasteiger partial charge is 0.339 e. The number of benzene rings is 1. The lowest BCUT2D eigenvalue weighted by atomic mass is 10.2. The number of thiocarbonyl (C=S) groups is 1. The van der Waals surface area contributed by atoms with Crippen molar-refractivity contribution in [1.82, 2.24) is 9.80 Å². The molecule has 2 fully saturated rings. The number of hydrogen-bond donors (Lipinski definition) is 0. The van der Waals surface area contributed by atoms with E-state index in [-0.39, 0.29) is 42.3 Å². The van der Waals surface area contributed by atoms with Gasteiger partial charge in [-0.05, 0) is 37.1 Å². The van der Waals surface area contributed by atoms with Crippen LogP contribution in [0.15, 0.2) is 29.2 Å². The molecule has 10 heteroatoms. The van der Waals surface area contributed by atoms with Crippen LogP contribution < -0.4 is 0 Å². The van der Waals surface area contributed by atoms with Crippen LogP contribution in [-0.4, -0.2) is 65.0 Å². The number of rotatable bonds is 6. The van der Waals surface area contributed by atoms with Crippen molar-refractivity contribution in [3.63, 3.8) is 0 Å². The summed E-state index contributed by atoms with van der Waals surface area (Å²) >= 11 is 12.4. The van der Waals surface area contributed by atoms with Crippen LogP contribution in [0.1, 0.15) is 25.3 Å². The van der Waals surface area contributed by atoms with Gasteiger partial charge in [0.25, 0.3) is 5.91 Å². The average Bonchev–Trinajstić information content (AvgIpc) is 3.15. The average molecular weight is 473 g/mol. The zero-order chi connectivity index (χ0) is 21.2. The molecule has 29 heavy (non-hydrogen) atoms. The van der Waals surface area contributed by atoms with Crippen molar-refractivity contribution in [2.75, 3.05) is 24.6 Å². The third kappa shape index (κ3) is 5.39. The smallest absolute Gasteiger partial charge is 0.266 e. The molecule has 3 rings (SSSR count). The molecule has 0 bridgehead atoms. The number of carbonyl (C=O) groups is 2. The molecule has 0 radical (unpaired) electrons. The van der Waals surface area contributed by atoms with Crippen LogP contribution in [0.5, 0.6) is 0 Å². The first-order valence-electron chi connectivity index (χ1n) is 9.21. The number of carbonyl (C=O) groups excluding carboxylic acids is 2. The van der Waals surface area contributed by atoms with Gasteiger partial charge in [-0.2, -0.15) is 0 Å². The molecule has 2 heterocycles. The highest BCUT2D eigenvalue weighted by atomic mass is 35.5. The van der Waals surface area contributed by atoms with Crippen molar-refractivity contribution in [1.29, 1.82) is 0 Å². The van der Waals surface area contributed by atoms with E-state index in [1.807, 2.05) is 19.1 Å². The number of nitrogens with zero attached hydrogens (tertiary/aromatic N) is 2. The summed E-state index contributed by atoms with van der Waals surface area (Å²) in [5, 5.41) is 0.615. The standard InChI is InChI=1S/C19H21ClN2O4S3/c1-2-21(15-8-10-29(25,26)12-15)17(23)7-9-22-18(24)16(28-19(22)27)11-13-3-5-14(20)6-4-13/h3-6,11,15H,2,7-10,12H2,1H3/b16-11-/t15-/m1/s1. The highest BCUT2D eigenvalue weighted by molar-refractivity contribution is 8.26. The minimum absolute atomic E-state index is 0.0114. The van der Waals surface area contributed by atoms with Crippen LogP contribution in [0.2, 0.25) is 5.02 Å². The Morgan fingerprint density at radius 1 is 1.38 bits per heavy atom. The SMILES string of the molecule is CCN(C(=O)CCN1C(=O)/C(=C/c2ccc(Cl)cc2)SC1=S)[C@@H]1CCS(=O)(=O)C1. The Morgan fingerprint density at radius 3 is 2.66 bits per heavy atom. The zero-order valence-corrected chi connectivity index (χ0v) is 19.0. The van der Waals surface area contributed by atoms with Gasteiger partial charge < -0.3 is 4.90 Å². The summed E-state index contributed by atoms with van der Waals surface area (Å²) in [6.45, 7) is 2.45. The van der Waals surface area contributed by atoms with Gasteiger partial charge in [-0.3, -0.25) is 14.5 Å². The van der Waals surface area contributed by atoms with E-state index in [4.69, 9.17) is 23.8 Å². The van der Waals surface area contributed by atoms with Crippen molar-refractivity contribution in [2.45, 2.75) is 25.8 Å². The Balaban J connectivity index is 1.62. The predicted molar refractivity (Wildman–Crippen MR) is 120 cm³/mol. The van der Waals surface area contributed by atoms with Gasteiger partial charge in [-0.25, -0.2) is 8.42 Å². The van der Waals surface area contributed by atoms with E-state index in [1.54, 1.807) is 23.1 Å². The van der Waals surface area contributed by atoms with Crippen molar-refractivity contribution >= 4 is 67.6 Å². The summed E-state index contributed by atoms with van der Waals surface area (Å²) in [6.07, 6.45) is 2.32. The van der Waals surface area contributed by atoms with Crippen molar-refractivity contribution < 1.29 is 18.0 Å². The highest BCUT2D eigenvalue weighted by Crippen LogP contribution is 2.33. The monoisotopic (exact) mass is 472 g/mol. The van der Waals surface area contributed by atoms with Crippen LogP contribution in [0.4, 0.5) is 0 Å². The van der Waals surface area contributed by atoms with Crippen LogP contribution in [0.25, 0.3) is 6.08 Å². The third-order valence-corrected chi connectivity index (χ3v) is 8.28. The summed E-state index contributed by atoms with van der Waals surface area (Å²) in [4.78, 5) is 28.9. The van der Waals surface area contributed by atoms with Gasteiger partial charge in [0, 0.05) is 30.6 Å². The van der Waals surface area contributed by atoms with Crippen molar-refractivity contribution in [2.24, 2.45) is 0 Å². The lowest BCUT2D eigenvalue weighted by Gasteiger charge is -2.27. The van der Waals surface area contributed by atoms with Crippen LogP contribution in [0.3, 0.4) is 0 Å². The molecule has 1 aromatic carbocycles. The first-order chi connectivity index (χ1) is 13.7. The van der Waals surface area contributed by atoms with Crippen LogP contribution >= 0.6 is 35.6 Å². The first kappa shape index (κ1) is 22.3. The normalized spacial score (nSPS) is 22.5. The Kier molecular flexibility index (Phi) is 7.03. The Bertz CT molecular complexity index is 960. The summed E-state index contributed by atoms with van der Waals surface area (Å²) in [7, 11) is -3.07. The van der Waals surface area contributed by atoms with E-state index in [0.29, 0.717) is 27.2 Å². The van der Waals surface area contributed by atoms with Gasteiger partial charge >= 0.3 is 0 Å². The fourth-order valence-electron chi connectivity index (χ4n) is 3.41. The molecule has 2 aliphatic heterocycles. The molecule has 0 aromatic heterocycles. The lowest BCUT2D eigenvalue weighted by molar-refractivity contribution is -0.133. The number of amides is 2. The maximum absolute atomic E-state index is 12.7. The molecule has 1 atom stereocenters. The molecular weight excluding hydrogens is 452 g/mol. The fraction of sp³-hybridized carbons (Fsp3) is 0.421. The minimum atomic E-state index is -3.07. The number of thioether (sulfide) groups is 1. The molecule has 0 saturated carbocycles. The predicted octanol–water partition coefficient (Wildman–Crippen LogP) is 2.97. The second kappa shape index (κ2) is 9.16. The quantitative estimate of drug-likeness (QED) is 0.468. The molecule has 2 aliphatic rings.